The molecule has 20 rings (SSSR count). The van der Waals surface area contributed by atoms with Crippen LogP contribution in [0.5, 0.6) is 0 Å². The second-order valence-electron chi connectivity index (χ2n) is 48.6. The van der Waals surface area contributed by atoms with E-state index < -0.39 is 345 Å². The van der Waals surface area contributed by atoms with Crippen molar-refractivity contribution in [3.8, 4) is 0 Å². The molecule has 20 aliphatic rings. The summed E-state index contributed by atoms with van der Waals surface area (Å²) in [7, 11) is 0. The number of aliphatic hydroxyl groups is 8. The SMILES string of the molecule is C.C=C1C[C@@H](C)[C@H]2[C@H]3[C@H](OC(=O)[C@@](C)(O)[C@@]13C)[C@H]1[C@H]3[C@H]([C@H](C)[C@H](OC(C)=O)[C@]21C)[C@]1(C)[C@H](C[C@@H]2O[C@@H]2[C@@H]1OC(C)=O)C(=O)[C@@H]3O.CC(=O)O[C@@H]1[C@H]2[C@@H]3[C@@H](O)C(=O)[C@@]4(O)C[C@@H]5O[C@@H]5[C@H](OC(C)=O)[C@]4(C)[C@H]3C[C@H](OC(C)=O)[C@]2(C)[C@@H]2[C@@H]1[C@]1(C)C(=C[C@H]2C)OC(=O)[C@@]1(C)O.CC(=O)O[C@@H]1[C@H]2[C@H]3[C@H]([C@H](C)[C@H](OC(C)=O)[C@]2(C)[C@@H]2[C@@H]1[C@]1(C)C(=C[C@H]2C)OC(=O)[C@@]1(C)O)[C@@]1(C)[C@@H](OC(C)=O)[C@@H](C)[C@H](Cl)C[C@]1(O)C(=O)[C@@H]3O. The number of Topliss-reactive ketones (excluding diaryl/α,β-unsaturated/α-hetero) is 3. The minimum Gasteiger partial charge on any atom is -0.462 e. The van der Waals surface area contributed by atoms with Crippen LogP contribution in [0.25, 0.3) is 0 Å². The molecule has 0 radical (unpaired) electrons. The lowest BCUT2D eigenvalue weighted by molar-refractivity contribution is -0.290. The maximum Gasteiger partial charge on any atom is 0.343 e. The molecule has 0 amide bonds. The highest BCUT2D eigenvalue weighted by atomic mass is 35.5. The molecule has 15 aliphatic carbocycles. The average Bonchev–Trinajstić information content (AvgIpc) is 1.49. The number of carbonyl (C=O) groups is 14. The van der Waals surface area contributed by atoms with Gasteiger partial charge in [-0.1, -0.05) is 110 Å². The molecule has 780 valence electrons. The Morgan fingerprint density at radius 1 is 0.397 bits per heavy atom. The number of carbonyl (C=O) groups excluding carboxylic acids is 14. The van der Waals surface area contributed by atoms with Gasteiger partial charge in [0.2, 0.25) is 0 Å². The third-order valence-corrected chi connectivity index (χ3v) is 43.2. The monoisotopic (exact) mass is 2000 g/mol. The third-order valence-electron chi connectivity index (χ3n) is 42.7. The van der Waals surface area contributed by atoms with E-state index in [2.05, 4.69) is 20.4 Å². The third kappa shape index (κ3) is 12.9. The largest absolute Gasteiger partial charge is 0.462 e. The van der Waals surface area contributed by atoms with Crippen LogP contribution in [0.4, 0.5) is 0 Å². The fourth-order valence-corrected chi connectivity index (χ4v) is 37.4. The first-order valence-electron chi connectivity index (χ1n) is 49.9. The molecule has 0 unspecified atom stereocenters. The molecule has 36 heteroatoms. The highest BCUT2D eigenvalue weighted by Gasteiger charge is 2.90. The molecule has 0 aromatic carbocycles. The minimum atomic E-state index is -2.25. The van der Waals surface area contributed by atoms with Gasteiger partial charge in [-0.25, -0.2) is 14.4 Å². The number of aliphatic hydroxyl groups excluding tert-OH is 3. The molecule has 5 saturated heterocycles. The van der Waals surface area contributed by atoms with E-state index in [-0.39, 0.29) is 85.8 Å². The van der Waals surface area contributed by atoms with Gasteiger partial charge in [0.25, 0.3) is 0 Å². The van der Waals surface area contributed by atoms with E-state index in [4.69, 9.17) is 73.2 Å². The van der Waals surface area contributed by atoms with Gasteiger partial charge in [0.1, 0.15) is 108 Å². The lowest BCUT2D eigenvalue weighted by atomic mass is 9.38. The average molecular weight is 2000 g/mol. The maximum atomic E-state index is 14.6. The van der Waals surface area contributed by atoms with Gasteiger partial charge in [-0.3, -0.25) is 52.7 Å². The van der Waals surface area contributed by atoms with Crippen molar-refractivity contribution in [3.63, 3.8) is 0 Å². The highest BCUT2D eigenvalue weighted by Crippen LogP contribution is 2.83. The van der Waals surface area contributed by atoms with Crippen LogP contribution in [0.3, 0.4) is 0 Å². The molecule has 13 saturated carbocycles. The molecule has 0 aromatic rings. The summed E-state index contributed by atoms with van der Waals surface area (Å²) in [6, 6.07) is 0. The normalized spacial score (nSPS) is 55.4. The maximum absolute atomic E-state index is 14.6. The van der Waals surface area contributed by atoms with E-state index in [9.17, 15) is 108 Å². The molecule has 5 aliphatic heterocycles. The second kappa shape index (κ2) is 32.6. The molecule has 0 aromatic heterocycles. The number of fused-ring (bicyclic) bond motifs is 27. The van der Waals surface area contributed by atoms with E-state index in [1.54, 1.807) is 46.8 Å². The number of hydrogen-bond donors (Lipinski definition) is 8. The summed E-state index contributed by atoms with van der Waals surface area (Å²) in [4.78, 5) is 186. The molecule has 0 spiro atoms. The zero-order chi connectivity index (χ0) is 103. The topological polar surface area (TPSA) is 527 Å². The Kier molecular flexibility index (Phi) is 24.2. The molecule has 18 fully saturated rings. The number of ketones is 3. The van der Waals surface area contributed by atoms with Crippen molar-refractivity contribution in [1.82, 2.24) is 0 Å². The minimum absolute atomic E-state index is 0. The standard InChI is InChI=1S/C36H49ClO12.C34H44O13.C34H46O10.CH4/c1-13-11-20-33(8,35(10,44)31(43)49-20)25-22(13)32(7)24(27(25)46-16(4)38)21-23(15(3)29(32)47-17(5)39)34(9)30(48-18(6)40)14(2)19(37)12-36(34,45)28(42)26(21)41;1-12-9-19-32(7,33(8,41)29(40)47-19)23-21(12)30(5)18(43-13(2)35)10-16-20(22(30)26(23)44-14(3)36)24(38)27(39)34(42)11-17-25(46-17)28(31(16,34)6)45-15(4)37;1-12-10-13(2)33(8)23-20(12)32(7)22(27(23)44-30(39)34(33,9)40)19-21(14(3)28(32)41-15(4)35)31(6)17(24(37)25(19)38)11-18-26(43-18)29(31)42-16(5)36;/h11,13-15,19,21-27,29-30,41,44-45H,12H2,1-10H3;9,12,16-18,20-26,28,38,41-42H,10-11H2,1-8H3;12,14,17-23,25-29,38,40H,2,10-11H2,1,3-9H3;1H4/t13-,14+,15+,19-,21-,22+,23+,24-,25+,26-,27-,29+,30+,32-,33+,34+,35-,36+;12-,16+,17+,18+,20-,21+,22-,23+,24-,25+,26-,28+,30-,31+,32+,33-,34+;12-,14+,17-,18+,19-,20+,21+,22-,23+,25-,26+,27-,28+,29+,31+,32-,33+,34-;/m111./s1. The second-order valence-corrected chi connectivity index (χ2v) is 49.1. The quantitative estimate of drug-likeness (QED) is 0.0400. The zero-order valence-electron chi connectivity index (χ0n) is 84.4. The van der Waals surface area contributed by atoms with Crippen LogP contribution in [0, 0.1) is 179 Å². The predicted molar refractivity (Wildman–Crippen MR) is 487 cm³/mol. The number of ether oxygens (including phenoxy) is 13. The Morgan fingerprint density at radius 3 is 1.29 bits per heavy atom. The first kappa shape index (κ1) is 105. The van der Waals surface area contributed by atoms with Gasteiger partial charge in [0.05, 0.1) is 23.0 Å². The van der Waals surface area contributed by atoms with Crippen LogP contribution in [-0.4, -0.2) is 255 Å². The van der Waals surface area contributed by atoms with Gasteiger partial charge in [0, 0.05) is 177 Å². The lowest BCUT2D eigenvalue weighted by Crippen LogP contribution is -2.79. The van der Waals surface area contributed by atoms with Crippen molar-refractivity contribution in [2.45, 2.75) is 351 Å². The summed E-state index contributed by atoms with van der Waals surface area (Å²) < 4.78 is 78.3. The number of allylic oxidation sites excluding steroid dienone is 2. The molecule has 5 heterocycles. The highest BCUT2D eigenvalue weighted by molar-refractivity contribution is 6.21. The first-order chi connectivity index (χ1) is 64.5. The number of alkyl halides is 1. The van der Waals surface area contributed by atoms with Crippen LogP contribution >= 0.6 is 11.6 Å². The Hall–Kier alpha value is -7.71. The Bertz CT molecular complexity index is 5460. The summed E-state index contributed by atoms with van der Waals surface area (Å²) in [6.45, 7) is 46.8. The van der Waals surface area contributed by atoms with Crippen molar-refractivity contribution < 1.29 is 170 Å². The molecular weight excluding hydrogens is 1860 g/mol. The van der Waals surface area contributed by atoms with Gasteiger partial charge in [-0.15, -0.1) is 11.6 Å². The van der Waals surface area contributed by atoms with Crippen molar-refractivity contribution >= 4 is 94.6 Å². The molecule has 0 bridgehead atoms. The van der Waals surface area contributed by atoms with E-state index in [0.717, 1.165) is 5.57 Å². The molecule has 35 nitrogen and oxygen atoms in total. The molecule has 141 heavy (non-hydrogen) atoms. The van der Waals surface area contributed by atoms with Crippen LogP contribution in [-0.2, 0) is 129 Å². The summed E-state index contributed by atoms with van der Waals surface area (Å²) in [5.74, 6) is -22.2. The lowest BCUT2D eigenvalue weighted by Gasteiger charge is -2.69. The van der Waals surface area contributed by atoms with Gasteiger partial charge in [0.15, 0.2) is 34.2 Å². The summed E-state index contributed by atoms with van der Waals surface area (Å²) in [5.41, 5.74) is -20.6. The van der Waals surface area contributed by atoms with E-state index in [1.807, 2.05) is 55.4 Å². The van der Waals surface area contributed by atoms with E-state index in [0.29, 0.717) is 12.8 Å². The van der Waals surface area contributed by atoms with Crippen molar-refractivity contribution in [1.29, 1.82) is 0 Å². The van der Waals surface area contributed by atoms with Gasteiger partial charge < -0.3 is 102 Å². The zero-order valence-corrected chi connectivity index (χ0v) is 85.1. The Morgan fingerprint density at radius 2 is 0.801 bits per heavy atom. The summed E-state index contributed by atoms with van der Waals surface area (Å²) in [5, 5.41) is 96.0. The van der Waals surface area contributed by atoms with Crippen molar-refractivity contribution in [3.05, 3.63) is 35.8 Å². The molecular formula is C105H143ClO35. The van der Waals surface area contributed by atoms with E-state index in [1.165, 1.54) is 76.2 Å². The first-order valence-corrected chi connectivity index (χ1v) is 50.3. The Balaban J connectivity index is 0.000000145. The van der Waals surface area contributed by atoms with Gasteiger partial charge in [-0.2, -0.15) is 0 Å². The van der Waals surface area contributed by atoms with E-state index >= 15 is 0 Å². The Labute approximate surface area is 825 Å². The van der Waals surface area contributed by atoms with Gasteiger partial charge >= 0.3 is 65.7 Å². The number of epoxide rings is 2. The van der Waals surface area contributed by atoms with Crippen LogP contribution in [0.15, 0.2) is 35.8 Å². The van der Waals surface area contributed by atoms with Gasteiger partial charge in [-0.05, 0) is 131 Å². The molecule has 53 atom stereocenters. The summed E-state index contributed by atoms with van der Waals surface area (Å²) in [6.07, 6.45) is -10.8. The van der Waals surface area contributed by atoms with Crippen LogP contribution in [0.1, 0.15) is 220 Å². The van der Waals surface area contributed by atoms with Crippen LogP contribution < -0.4 is 0 Å². The summed E-state index contributed by atoms with van der Waals surface area (Å²) >= 11 is 6.75. The number of hydrogen-bond acceptors (Lipinski definition) is 35. The fraction of sp³-hybridized carbons (Fsp3) is 0.810. The predicted octanol–water partition coefficient (Wildman–Crippen LogP) is 6.95. The smallest absolute Gasteiger partial charge is 0.343 e. The van der Waals surface area contributed by atoms with Crippen molar-refractivity contribution in [2.75, 3.05) is 0 Å². The number of halogens is 1. The fourth-order valence-electron chi connectivity index (χ4n) is 37.0. The number of esters is 11. The molecule has 8 N–H and O–H groups in total. The number of rotatable bonds is 8. The van der Waals surface area contributed by atoms with Crippen LogP contribution in [0.2, 0.25) is 0 Å². The van der Waals surface area contributed by atoms with Crippen molar-refractivity contribution in [2.24, 2.45) is 179 Å².